The van der Waals surface area contributed by atoms with Crippen LogP contribution in [0.25, 0.3) is 0 Å². The minimum Gasteiger partial charge on any atom is -0.480 e. The van der Waals surface area contributed by atoms with Crippen molar-refractivity contribution in [3.63, 3.8) is 0 Å². The summed E-state index contributed by atoms with van der Waals surface area (Å²) in [6.07, 6.45) is 0. The molecule has 0 aliphatic rings. The maximum Gasteiger partial charge on any atom is 0.327 e. The van der Waals surface area contributed by atoms with Crippen LogP contribution >= 0.6 is 11.6 Å². The molecule has 128 valence electrons. The van der Waals surface area contributed by atoms with Gasteiger partial charge in [0, 0.05) is 5.02 Å². The molecule has 24 heavy (non-hydrogen) atoms. The molecule has 0 heterocycles. The third kappa shape index (κ3) is 3.39. The third-order valence-electron chi connectivity index (χ3n) is 3.89. The molecule has 0 aliphatic heterocycles. The van der Waals surface area contributed by atoms with Gasteiger partial charge < -0.3 is 5.11 Å². The van der Waals surface area contributed by atoms with Gasteiger partial charge in [0.15, 0.2) is 0 Å². The number of sulfonamides is 1. The first kappa shape index (κ1) is 18.3. The smallest absolute Gasteiger partial charge is 0.327 e. The molecule has 0 saturated carbocycles. The highest BCUT2D eigenvalue weighted by Crippen LogP contribution is 2.31. The topological polar surface area (TPSA) is 74.7 Å². The fourth-order valence-electron chi connectivity index (χ4n) is 2.34. The van der Waals surface area contributed by atoms with Crippen LogP contribution < -0.4 is 4.31 Å². The van der Waals surface area contributed by atoms with Crippen molar-refractivity contribution in [1.82, 2.24) is 0 Å². The fraction of sp³-hybridized carbons (Fsp3) is 0.235. The first-order valence-electron chi connectivity index (χ1n) is 7.25. The number of carbonyl (C=O) groups is 1. The molecule has 0 bridgehead atoms. The number of benzene rings is 2. The molecule has 2 aromatic carbocycles. The standard InChI is InChI=1S/C17H18ClNO4S/c1-11-5-4-6-16(12(11)2)19(13(3)17(20)21)24(22,23)15-9-7-14(18)8-10-15/h4-10,13H,1-3H3,(H,20,21). The van der Waals surface area contributed by atoms with E-state index in [0.29, 0.717) is 16.3 Å². The van der Waals surface area contributed by atoms with Crippen molar-refractivity contribution in [1.29, 1.82) is 0 Å². The lowest BCUT2D eigenvalue weighted by Crippen LogP contribution is -2.43. The Kier molecular flexibility index (Phi) is 5.20. The van der Waals surface area contributed by atoms with Crippen molar-refractivity contribution >= 4 is 33.3 Å². The van der Waals surface area contributed by atoms with Gasteiger partial charge in [-0.15, -0.1) is 0 Å². The molecule has 0 spiro atoms. The third-order valence-corrected chi connectivity index (χ3v) is 6.04. The summed E-state index contributed by atoms with van der Waals surface area (Å²) in [6, 6.07) is 9.55. The number of aryl methyl sites for hydroxylation is 1. The zero-order valence-corrected chi connectivity index (χ0v) is 15.1. The van der Waals surface area contributed by atoms with E-state index in [1.807, 2.05) is 13.0 Å². The van der Waals surface area contributed by atoms with E-state index in [1.165, 1.54) is 31.2 Å². The molecule has 0 saturated heterocycles. The summed E-state index contributed by atoms with van der Waals surface area (Å²) in [5, 5.41) is 9.80. The van der Waals surface area contributed by atoms with E-state index >= 15 is 0 Å². The monoisotopic (exact) mass is 367 g/mol. The summed E-state index contributed by atoms with van der Waals surface area (Å²) < 4.78 is 27.1. The minimum atomic E-state index is -4.06. The van der Waals surface area contributed by atoms with Crippen LogP contribution in [-0.4, -0.2) is 25.5 Å². The first-order chi connectivity index (χ1) is 11.2. The van der Waals surface area contributed by atoms with Crippen molar-refractivity contribution in [2.45, 2.75) is 31.7 Å². The van der Waals surface area contributed by atoms with Crippen molar-refractivity contribution in [2.24, 2.45) is 0 Å². The minimum absolute atomic E-state index is 0.0130. The van der Waals surface area contributed by atoms with Gasteiger partial charge in [0.2, 0.25) is 0 Å². The molecule has 0 amide bonds. The van der Waals surface area contributed by atoms with Crippen LogP contribution in [0, 0.1) is 13.8 Å². The second-order valence-corrected chi connectivity index (χ2v) is 7.74. The van der Waals surface area contributed by atoms with Crippen molar-refractivity contribution in [3.8, 4) is 0 Å². The zero-order chi connectivity index (χ0) is 18.1. The molecule has 1 atom stereocenters. The summed E-state index contributed by atoms with van der Waals surface area (Å²) in [4.78, 5) is 11.5. The van der Waals surface area contributed by atoms with E-state index in [1.54, 1.807) is 19.1 Å². The van der Waals surface area contributed by atoms with Crippen LogP contribution in [-0.2, 0) is 14.8 Å². The number of aliphatic carboxylic acids is 1. The highest BCUT2D eigenvalue weighted by atomic mass is 35.5. The number of hydrogen-bond donors (Lipinski definition) is 1. The van der Waals surface area contributed by atoms with E-state index < -0.39 is 22.0 Å². The van der Waals surface area contributed by atoms with Gasteiger partial charge in [-0.3, -0.25) is 4.31 Å². The van der Waals surface area contributed by atoms with E-state index in [2.05, 4.69) is 0 Å². The highest BCUT2D eigenvalue weighted by Gasteiger charge is 2.34. The number of halogens is 1. The Labute approximate surface area is 146 Å². The van der Waals surface area contributed by atoms with Crippen LogP contribution in [0.15, 0.2) is 47.4 Å². The van der Waals surface area contributed by atoms with Gasteiger partial charge in [-0.05, 0) is 62.2 Å². The lowest BCUT2D eigenvalue weighted by atomic mass is 10.1. The number of hydrogen-bond acceptors (Lipinski definition) is 3. The number of carboxylic acid groups (broad SMARTS) is 1. The molecular weight excluding hydrogens is 350 g/mol. The Morgan fingerprint density at radius 2 is 1.71 bits per heavy atom. The molecule has 1 N–H and O–H groups in total. The summed E-state index contributed by atoms with van der Waals surface area (Å²) in [5.74, 6) is -1.23. The Morgan fingerprint density at radius 3 is 2.25 bits per heavy atom. The maximum atomic E-state index is 13.1. The fourth-order valence-corrected chi connectivity index (χ4v) is 4.14. The predicted octanol–water partition coefficient (Wildman–Crippen LogP) is 3.63. The summed E-state index contributed by atoms with van der Waals surface area (Å²) in [6.45, 7) is 4.96. The van der Waals surface area contributed by atoms with Gasteiger partial charge in [-0.2, -0.15) is 0 Å². The Balaban J connectivity index is 2.69. The molecule has 0 aromatic heterocycles. The lowest BCUT2D eigenvalue weighted by molar-refractivity contribution is -0.137. The normalized spacial score (nSPS) is 12.7. The molecule has 0 fully saturated rings. The Bertz CT molecular complexity index is 863. The van der Waals surface area contributed by atoms with Crippen LogP contribution in [0.3, 0.4) is 0 Å². The van der Waals surface area contributed by atoms with E-state index in [0.717, 1.165) is 9.87 Å². The summed E-state index contributed by atoms with van der Waals surface area (Å²) in [7, 11) is -4.06. The quantitative estimate of drug-likeness (QED) is 0.875. The molecule has 2 rings (SSSR count). The molecule has 0 radical (unpaired) electrons. The number of anilines is 1. The Morgan fingerprint density at radius 1 is 1.12 bits per heavy atom. The lowest BCUT2D eigenvalue weighted by Gasteiger charge is -2.29. The van der Waals surface area contributed by atoms with Gasteiger partial charge >= 0.3 is 5.97 Å². The molecule has 7 heteroatoms. The van der Waals surface area contributed by atoms with E-state index in [9.17, 15) is 18.3 Å². The van der Waals surface area contributed by atoms with E-state index in [4.69, 9.17) is 11.6 Å². The molecule has 0 aliphatic carbocycles. The highest BCUT2D eigenvalue weighted by molar-refractivity contribution is 7.93. The summed E-state index contributed by atoms with van der Waals surface area (Å²) >= 11 is 5.81. The number of nitrogens with zero attached hydrogens (tertiary/aromatic N) is 1. The maximum absolute atomic E-state index is 13.1. The largest absolute Gasteiger partial charge is 0.480 e. The zero-order valence-electron chi connectivity index (χ0n) is 13.5. The van der Waals surface area contributed by atoms with Crippen molar-refractivity contribution in [2.75, 3.05) is 4.31 Å². The van der Waals surface area contributed by atoms with E-state index in [-0.39, 0.29) is 4.90 Å². The second kappa shape index (κ2) is 6.83. The molecule has 5 nitrogen and oxygen atoms in total. The number of carboxylic acids is 1. The number of rotatable bonds is 5. The van der Waals surface area contributed by atoms with Gasteiger partial charge in [-0.25, -0.2) is 13.2 Å². The molecule has 1 unspecified atom stereocenters. The van der Waals surface area contributed by atoms with Crippen LogP contribution in [0.4, 0.5) is 5.69 Å². The molecular formula is C17H18ClNO4S. The SMILES string of the molecule is Cc1cccc(N(C(C)C(=O)O)S(=O)(=O)c2ccc(Cl)cc2)c1C. The van der Waals surface area contributed by atoms with Crippen molar-refractivity contribution < 1.29 is 18.3 Å². The van der Waals surface area contributed by atoms with Gasteiger partial charge in [0.1, 0.15) is 6.04 Å². The first-order valence-corrected chi connectivity index (χ1v) is 9.07. The summed E-state index contributed by atoms with van der Waals surface area (Å²) in [5.41, 5.74) is 1.93. The van der Waals surface area contributed by atoms with Gasteiger partial charge in [0.05, 0.1) is 10.6 Å². The van der Waals surface area contributed by atoms with Crippen LogP contribution in [0.1, 0.15) is 18.1 Å². The van der Waals surface area contributed by atoms with Crippen molar-refractivity contribution in [3.05, 3.63) is 58.6 Å². The average molecular weight is 368 g/mol. The van der Waals surface area contributed by atoms with Crippen LogP contribution in [0.5, 0.6) is 0 Å². The average Bonchev–Trinajstić information content (AvgIpc) is 2.51. The van der Waals surface area contributed by atoms with Gasteiger partial charge in [-0.1, -0.05) is 23.7 Å². The Hall–Kier alpha value is -2.05. The second-order valence-electron chi connectivity index (χ2n) is 5.49. The predicted molar refractivity (Wildman–Crippen MR) is 94.1 cm³/mol. The molecule has 2 aromatic rings. The van der Waals surface area contributed by atoms with Gasteiger partial charge in [0.25, 0.3) is 10.0 Å². The van der Waals surface area contributed by atoms with Crippen LogP contribution in [0.2, 0.25) is 5.02 Å².